The van der Waals surface area contributed by atoms with Gasteiger partial charge in [0.2, 0.25) is 11.1 Å². The van der Waals surface area contributed by atoms with E-state index in [1.54, 1.807) is 0 Å². The molecule has 5 nitrogen and oxygen atoms in total. The first-order valence-corrected chi connectivity index (χ1v) is 8.53. The average Bonchev–Trinajstić information content (AvgIpc) is 2.98. The number of ether oxygens (including phenoxy) is 1. The highest BCUT2D eigenvalue weighted by molar-refractivity contribution is 7.09. The van der Waals surface area contributed by atoms with Crippen LogP contribution in [0, 0.1) is 0 Å². The Labute approximate surface area is 126 Å². The summed E-state index contributed by atoms with van der Waals surface area (Å²) in [5.74, 6) is 0.915. The van der Waals surface area contributed by atoms with E-state index in [2.05, 4.69) is 28.0 Å². The van der Waals surface area contributed by atoms with Crippen molar-refractivity contribution in [3.8, 4) is 0 Å². The van der Waals surface area contributed by atoms with Gasteiger partial charge in [0.25, 0.3) is 0 Å². The highest BCUT2D eigenvalue weighted by Gasteiger charge is 2.18. The fourth-order valence-electron chi connectivity index (χ4n) is 2.23. The van der Waals surface area contributed by atoms with Gasteiger partial charge in [-0.25, -0.2) is 0 Å². The van der Waals surface area contributed by atoms with Crippen LogP contribution in [-0.2, 0) is 4.74 Å². The van der Waals surface area contributed by atoms with Crippen LogP contribution in [0.1, 0.15) is 39.5 Å². The Morgan fingerprint density at radius 1 is 1.15 bits per heavy atom. The molecule has 0 aromatic carbocycles. The number of anilines is 2. The Balaban J connectivity index is 1.98. The highest BCUT2D eigenvalue weighted by Crippen LogP contribution is 2.23. The van der Waals surface area contributed by atoms with Gasteiger partial charge in [-0.3, -0.25) is 0 Å². The molecule has 0 radical (unpaired) electrons. The molecule has 0 spiro atoms. The molecule has 1 aliphatic heterocycles. The fraction of sp³-hybridized carbons (Fsp3) is 0.857. The van der Waals surface area contributed by atoms with Crippen LogP contribution in [0.5, 0.6) is 0 Å². The summed E-state index contributed by atoms with van der Waals surface area (Å²) in [5.41, 5.74) is 0. The molecule has 0 bridgehead atoms. The molecule has 1 aliphatic rings. The average molecular weight is 298 g/mol. The standard InChI is InChI=1S/C14H26N4OS/c1-3-5-7-17(8-6-4-2)13-15-14(20-16-13)18-9-11-19-12-10-18/h3-12H2,1-2H3. The van der Waals surface area contributed by atoms with E-state index in [9.17, 15) is 0 Å². The number of morpholine rings is 1. The maximum Gasteiger partial charge on any atom is 0.239 e. The first kappa shape index (κ1) is 15.5. The van der Waals surface area contributed by atoms with E-state index in [1.807, 2.05) is 0 Å². The Kier molecular flexibility index (Phi) is 6.53. The zero-order valence-electron chi connectivity index (χ0n) is 12.7. The van der Waals surface area contributed by atoms with Crippen LogP contribution in [0.2, 0.25) is 0 Å². The van der Waals surface area contributed by atoms with Crippen LogP contribution in [-0.4, -0.2) is 48.8 Å². The van der Waals surface area contributed by atoms with Crippen molar-refractivity contribution in [3.05, 3.63) is 0 Å². The second-order valence-corrected chi connectivity index (χ2v) is 5.90. The first-order chi connectivity index (χ1) is 9.85. The van der Waals surface area contributed by atoms with E-state index in [0.29, 0.717) is 0 Å². The normalized spacial score (nSPS) is 15.6. The molecule has 1 fully saturated rings. The first-order valence-electron chi connectivity index (χ1n) is 7.76. The van der Waals surface area contributed by atoms with E-state index in [4.69, 9.17) is 9.72 Å². The molecule has 0 N–H and O–H groups in total. The summed E-state index contributed by atoms with van der Waals surface area (Å²) < 4.78 is 9.96. The maximum atomic E-state index is 5.39. The number of hydrogen-bond donors (Lipinski definition) is 0. The van der Waals surface area contributed by atoms with Crippen molar-refractivity contribution in [1.29, 1.82) is 0 Å². The van der Waals surface area contributed by atoms with Crippen LogP contribution in [0.25, 0.3) is 0 Å². The molecule has 0 atom stereocenters. The molecule has 0 saturated carbocycles. The van der Waals surface area contributed by atoms with Gasteiger partial charge in [-0.1, -0.05) is 26.7 Å². The Hall–Kier alpha value is -0.880. The van der Waals surface area contributed by atoms with E-state index in [1.165, 1.54) is 37.2 Å². The van der Waals surface area contributed by atoms with Crippen molar-refractivity contribution in [3.63, 3.8) is 0 Å². The van der Waals surface area contributed by atoms with Crippen molar-refractivity contribution in [2.75, 3.05) is 49.2 Å². The molecule has 114 valence electrons. The summed E-state index contributed by atoms with van der Waals surface area (Å²) in [7, 11) is 0. The van der Waals surface area contributed by atoms with E-state index in [0.717, 1.165) is 50.5 Å². The summed E-state index contributed by atoms with van der Waals surface area (Å²) >= 11 is 1.52. The van der Waals surface area contributed by atoms with Crippen LogP contribution in [0.3, 0.4) is 0 Å². The van der Waals surface area contributed by atoms with Gasteiger partial charge >= 0.3 is 0 Å². The van der Waals surface area contributed by atoms with Crippen LogP contribution >= 0.6 is 11.5 Å². The van der Waals surface area contributed by atoms with Crippen molar-refractivity contribution in [2.45, 2.75) is 39.5 Å². The maximum absolute atomic E-state index is 5.39. The number of nitrogens with zero attached hydrogens (tertiary/aromatic N) is 4. The molecule has 6 heteroatoms. The Bertz CT molecular complexity index is 371. The summed E-state index contributed by atoms with van der Waals surface area (Å²) in [6.45, 7) is 10.0. The monoisotopic (exact) mass is 298 g/mol. The smallest absolute Gasteiger partial charge is 0.239 e. The summed E-state index contributed by atoms with van der Waals surface area (Å²) in [4.78, 5) is 9.36. The van der Waals surface area contributed by atoms with Crippen LogP contribution in [0.15, 0.2) is 0 Å². The SMILES string of the molecule is CCCCN(CCCC)c1nsc(N2CCOCC2)n1. The van der Waals surface area contributed by atoms with Gasteiger partial charge in [-0.2, -0.15) is 9.36 Å². The molecule has 1 saturated heterocycles. The Morgan fingerprint density at radius 3 is 2.40 bits per heavy atom. The lowest BCUT2D eigenvalue weighted by molar-refractivity contribution is 0.122. The highest BCUT2D eigenvalue weighted by atomic mass is 32.1. The third-order valence-electron chi connectivity index (χ3n) is 3.53. The lowest BCUT2D eigenvalue weighted by Crippen LogP contribution is -2.36. The largest absolute Gasteiger partial charge is 0.378 e. The van der Waals surface area contributed by atoms with Crippen LogP contribution < -0.4 is 9.80 Å². The van der Waals surface area contributed by atoms with E-state index < -0.39 is 0 Å². The summed E-state index contributed by atoms with van der Waals surface area (Å²) in [6.07, 6.45) is 4.83. The van der Waals surface area contributed by atoms with Gasteiger partial charge in [-0.15, -0.1) is 0 Å². The minimum Gasteiger partial charge on any atom is -0.378 e. The second-order valence-electron chi connectivity index (χ2n) is 5.17. The quantitative estimate of drug-likeness (QED) is 0.738. The minimum atomic E-state index is 0.796. The van der Waals surface area contributed by atoms with Gasteiger partial charge in [0, 0.05) is 37.7 Å². The van der Waals surface area contributed by atoms with Gasteiger partial charge in [0.15, 0.2) is 0 Å². The number of aromatic nitrogens is 2. The molecule has 20 heavy (non-hydrogen) atoms. The van der Waals surface area contributed by atoms with E-state index in [-0.39, 0.29) is 0 Å². The lowest BCUT2D eigenvalue weighted by atomic mass is 10.3. The zero-order valence-corrected chi connectivity index (χ0v) is 13.5. The third-order valence-corrected chi connectivity index (χ3v) is 4.30. The van der Waals surface area contributed by atoms with Crippen molar-refractivity contribution < 1.29 is 4.74 Å². The second kappa shape index (κ2) is 8.42. The van der Waals surface area contributed by atoms with Crippen molar-refractivity contribution in [2.24, 2.45) is 0 Å². The van der Waals surface area contributed by atoms with Crippen LogP contribution in [0.4, 0.5) is 11.1 Å². The molecule has 1 aromatic rings. The fourth-order valence-corrected chi connectivity index (χ4v) is 2.97. The molecule has 0 aliphatic carbocycles. The minimum absolute atomic E-state index is 0.796. The third kappa shape index (κ3) is 4.31. The molecule has 2 rings (SSSR count). The molecule has 0 unspecified atom stereocenters. The van der Waals surface area contributed by atoms with E-state index >= 15 is 0 Å². The summed E-state index contributed by atoms with van der Waals surface area (Å²) in [5, 5.41) is 1.04. The van der Waals surface area contributed by atoms with Gasteiger partial charge in [0.05, 0.1) is 13.2 Å². The van der Waals surface area contributed by atoms with Gasteiger partial charge < -0.3 is 14.5 Å². The molecule has 1 aromatic heterocycles. The number of rotatable bonds is 8. The molecule has 2 heterocycles. The van der Waals surface area contributed by atoms with Crippen molar-refractivity contribution in [1.82, 2.24) is 9.36 Å². The lowest BCUT2D eigenvalue weighted by Gasteiger charge is -2.26. The molecular formula is C14H26N4OS. The zero-order chi connectivity index (χ0) is 14.2. The predicted octanol–water partition coefficient (Wildman–Crippen LogP) is 2.78. The summed E-state index contributed by atoms with van der Waals surface area (Å²) in [6, 6.07) is 0. The Morgan fingerprint density at radius 2 is 1.80 bits per heavy atom. The molecular weight excluding hydrogens is 272 g/mol. The van der Waals surface area contributed by atoms with Gasteiger partial charge in [-0.05, 0) is 12.8 Å². The molecule has 0 amide bonds. The van der Waals surface area contributed by atoms with Crippen molar-refractivity contribution >= 4 is 22.6 Å². The number of unbranched alkanes of at least 4 members (excludes halogenated alkanes) is 2. The topological polar surface area (TPSA) is 41.5 Å². The predicted molar refractivity (Wildman–Crippen MR) is 85.0 cm³/mol. The van der Waals surface area contributed by atoms with Gasteiger partial charge in [0.1, 0.15) is 0 Å². The number of hydrogen-bond acceptors (Lipinski definition) is 6.